The summed E-state index contributed by atoms with van der Waals surface area (Å²) < 4.78 is 9.67. The van der Waals surface area contributed by atoms with Crippen LogP contribution < -0.4 is 0 Å². The molecule has 0 radical (unpaired) electrons. The van der Waals surface area contributed by atoms with Gasteiger partial charge in [0.25, 0.3) is 0 Å². The van der Waals surface area contributed by atoms with Gasteiger partial charge >= 0.3 is 11.9 Å². The molecule has 1 aromatic heterocycles. The molecule has 0 saturated heterocycles. The van der Waals surface area contributed by atoms with Crippen molar-refractivity contribution in [1.82, 2.24) is 5.16 Å². The van der Waals surface area contributed by atoms with E-state index in [1.165, 1.54) is 20.2 Å². The molecule has 1 heterocycles. The number of carboxylic acids is 1. The predicted molar refractivity (Wildman–Crippen MR) is 55.2 cm³/mol. The average molecular weight is 239 g/mol. The predicted octanol–water partition coefficient (Wildman–Crippen LogP) is 0.653. The van der Waals surface area contributed by atoms with Gasteiger partial charge in [0.2, 0.25) is 0 Å². The van der Waals surface area contributed by atoms with E-state index in [2.05, 4.69) is 9.89 Å². The summed E-state index contributed by atoms with van der Waals surface area (Å²) in [7, 11) is 1.26. The number of carboxylic acid groups (broad SMARTS) is 1. The number of hydrogen-bond acceptors (Lipinski definition) is 5. The Balaban J connectivity index is 2.43. The number of rotatable bonds is 2. The number of aliphatic carboxylic acids is 1. The first-order valence-corrected chi connectivity index (χ1v) is 5.22. The zero-order valence-corrected chi connectivity index (χ0v) is 9.60. The molecule has 17 heavy (non-hydrogen) atoms. The first kappa shape index (κ1) is 11.6. The highest BCUT2D eigenvalue weighted by Gasteiger charge is 2.50. The second-order valence-electron chi connectivity index (χ2n) is 4.45. The van der Waals surface area contributed by atoms with Crippen LogP contribution in [0.3, 0.4) is 0 Å². The molecule has 0 spiro atoms. The summed E-state index contributed by atoms with van der Waals surface area (Å²) in [5, 5.41) is 12.9. The Morgan fingerprint density at radius 2 is 2.35 bits per heavy atom. The molecule has 0 saturated carbocycles. The zero-order valence-electron chi connectivity index (χ0n) is 9.60. The fourth-order valence-electron chi connectivity index (χ4n) is 2.21. The maximum absolute atomic E-state index is 11.7. The lowest BCUT2D eigenvalue weighted by Crippen LogP contribution is -2.46. The summed E-state index contributed by atoms with van der Waals surface area (Å²) in [6, 6.07) is 0. The first-order valence-electron chi connectivity index (χ1n) is 5.22. The fraction of sp³-hybridized carbons (Fsp3) is 0.545. The van der Waals surface area contributed by atoms with Gasteiger partial charge in [-0.2, -0.15) is 0 Å². The van der Waals surface area contributed by atoms with Crippen LogP contribution in [-0.2, 0) is 27.2 Å². The van der Waals surface area contributed by atoms with Crippen LogP contribution in [0, 0.1) is 11.3 Å². The van der Waals surface area contributed by atoms with Gasteiger partial charge < -0.3 is 14.4 Å². The van der Waals surface area contributed by atoms with Crippen molar-refractivity contribution in [2.75, 3.05) is 7.11 Å². The summed E-state index contributed by atoms with van der Waals surface area (Å²) in [5.41, 5.74) is -0.432. The molecule has 0 unspecified atom stereocenters. The van der Waals surface area contributed by atoms with Crippen molar-refractivity contribution in [3.8, 4) is 0 Å². The van der Waals surface area contributed by atoms with E-state index in [4.69, 9.17) is 4.52 Å². The summed E-state index contributed by atoms with van der Waals surface area (Å²) in [5.74, 6) is -1.72. The first-order chi connectivity index (χ1) is 7.99. The molecule has 1 aromatic rings. The van der Waals surface area contributed by atoms with Crippen LogP contribution in [0.2, 0.25) is 0 Å². The van der Waals surface area contributed by atoms with Gasteiger partial charge in [-0.15, -0.1) is 0 Å². The lowest BCUT2D eigenvalue weighted by molar-refractivity contribution is -0.164. The summed E-state index contributed by atoms with van der Waals surface area (Å²) in [6.45, 7) is 1.53. The minimum Gasteiger partial charge on any atom is -0.481 e. The Morgan fingerprint density at radius 1 is 1.65 bits per heavy atom. The topological polar surface area (TPSA) is 89.6 Å². The van der Waals surface area contributed by atoms with Gasteiger partial charge in [0.1, 0.15) is 5.76 Å². The van der Waals surface area contributed by atoms with E-state index >= 15 is 0 Å². The quantitative estimate of drug-likeness (QED) is 0.762. The van der Waals surface area contributed by atoms with Crippen LogP contribution in [0.5, 0.6) is 0 Å². The average Bonchev–Trinajstić information content (AvgIpc) is 2.73. The van der Waals surface area contributed by atoms with E-state index in [1.807, 2.05) is 0 Å². The molecular weight excluding hydrogens is 226 g/mol. The van der Waals surface area contributed by atoms with Gasteiger partial charge in [0, 0.05) is 12.0 Å². The SMILES string of the molecule is COC(=O)[C@@H]1Cc2cnoc2C[C@]1(C)C(=O)O. The fourth-order valence-corrected chi connectivity index (χ4v) is 2.21. The number of carbonyl (C=O) groups is 2. The van der Waals surface area contributed by atoms with Crippen molar-refractivity contribution in [1.29, 1.82) is 0 Å². The van der Waals surface area contributed by atoms with Crippen LogP contribution in [0.15, 0.2) is 10.7 Å². The molecule has 92 valence electrons. The molecule has 6 heteroatoms. The van der Waals surface area contributed by atoms with Crippen LogP contribution in [0.25, 0.3) is 0 Å². The van der Waals surface area contributed by atoms with Crippen LogP contribution >= 0.6 is 0 Å². The minimum atomic E-state index is -1.21. The summed E-state index contributed by atoms with van der Waals surface area (Å²) in [6.07, 6.45) is 1.96. The lowest BCUT2D eigenvalue weighted by atomic mass is 9.67. The lowest BCUT2D eigenvalue weighted by Gasteiger charge is -2.34. The van der Waals surface area contributed by atoms with Gasteiger partial charge in [0.15, 0.2) is 0 Å². The molecule has 0 fully saturated rings. The normalized spacial score (nSPS) is 27.3. The van der Waals surface area contributed by atoms with Gasteiger partial charge in [-0.25, -0.2) is 0 Å². The van der Waals surface area contributed by atoms with E-state index in [9.17, 15) is 14.7 Å². The molecule has 1 aliphatic carbocycles. The van der Waals surface area contributed by atoms with Crippen molar-refractivity contribution in [3.63, 3.8) is 0 Å². The molecule has 2 atom stereocenters. The Morgan fingerprint density at radius 3 is 2.94 bits per heavy atom. The summed E-state index contributed by atoms with van der Waals surface area (Å²) in [4.78, 5) is 23.1. The van der Waals surface area contributed by atoms with Crippen molar-refractivity contribution in [2.24, 2.45) is 11.3 Å². The third-order valence-corrected chi connectivity index (χ3v) is 3.42. The number of carbonyl (C=O) groups excluding carboxylic acids is 1. The Bertz CT molecular complexity index is 466. The number of fused-ring (bicyclic) bond motifs is 1. The van der Waals surface area contributed by atoms with Crippen LogP contribution in [0.1, 0.15) is 18.2 Å². The van der Waals surface area contributed by atoms with Gasteiger partial charge in [-0.1, -0.05) is 5.16 Å². The maximum atomic E-state index is 11.7. The molecule has 2 rings (SSSR count). The molecule has 0 aliphatic heterocycles. The number of nitrogens with zero attached hydrogens (tertiary/aromatic N) is 1. The van der Waals surface area contributed by atoms with Crippen molar-refractivity contribution in [3.05, 3.63) is 17.5 Å². The van der Waals surface area contributed by atoms with E-state index in [-0.39, 0.29) is 12.8 Å². The Labute approximate surface area is 97.5 Å². The molecule has 0 aromatic carbocycles. The van der Waals surface area contributed by atoms with Crippen LogP contribution in [-0.4, -0.2) is 29.3 Å². The highest BCUT2D eigenvalue weighted by molar-refractivity contribution is 5.85. The molecule has 1 aliphatic rings. The summed E-state index contributed by atoms with van der Waals surface area (Å²) >= 11 is 0. The smallest absolute Gasteiger partial charge is 0.310 e. The molecular formula is C11H13NO5. The van der Waals surface area contributed by atoms with Gasteiger partial charge in [0.05, 0.1) is 24.6 Å². The van der Waals surface area contributed by atoms with E-state index in [1.54, 1.807) is 0 Å². The molecule has 1 N–H and O–H groups in total. The highest BCUT2D eigenvalue weighted by Crippen LogP contribution is 2.40. The minimum absolute atomic E-state index is 0.150. The third-order valence-electron chi connectivity index (χ3n) is 3.42. The zero-order chi connectivity index (χ0) is 12.6. The standard InChI is InChI=1S/C11H13NO5/c1-11(10(14)15)4-8-6(5-12-17-8)3-7(11)9(13)16-2/h5,7H,3-4H2,1-2H3,(H,14,15)/t7-,11-/m0/s1. The maximum Gasteiger partial charge on any atom is 0.310 e. The largest absolute Gasteiger partial charge is 0.481 e. The second-order valence-corrected chi connectivity index (χ2v) is 4.45. The Kier molecular flexibility index (Phi) is 2.65. The second kappa shape index (κ2) is 3.87. The van der Waals surface area contributed by atoms with E-state index in [0.29, 0.717) is 5.76 Å². The molecule has 0 bridgehead atoms. The number of aromatic nitrogens is 1. The molecule has 0 amide bonds. The highest BCUT2D eigenvalue weighted by atomic mass is 16.5. The monoisotopic (exact) mass is 239 g/mol. The van der Waals surface area contributed by atoms with Crippen LogP contribution in [0.4, 0.5) is 0 Å². The van der Waals surface area contributed by atoms with Crippen molar-refractivity contribution in [2.45, 2.75) is 19.8 Å². The van der Waals surface area contributed by atoms with Gasteiger partial charge in [-0.3, -0.25) is 9.59 Å². The number of methoxy groups -OCH3 is 1. The number of ether oxygens (including phenoxy) is 1. The van der Waals surface area contributed by atoms with E-state index < -0.39 is 23.3 Å². The van der Waals surface area contributed by atoms with Crippen molar-refractivity contribution >= 4 is 11.9 Å². The van der Waals surface area contributed by atoms with Crippen molar-refractivity contribution < 1.29 is 24.0 Å². The van der Waals surface area contributed by atoms with Gasteiger partial charge in [-0.05, 0) is 13.3 Å². The van der Waals surface area contributed by atoms with E-state index in [0.717, 1.165) is 5.56 Å². The molecule has 6 nitrogen and oxygen atoms in total. The number of hydrogen-bond donors (Lipinski definition) is 1. The Hall–Kier alpha value is -1.85. The number of esters is 1. The third kappa shape index (κ3) is 1.69.